The van der Waals surface area contributed by atoms with Crippen molar-refractivity contribution >= 4 is 24.0 Å². The molecule has 2 N–H and O–H groups in total. The van der Waals surface area contributed by atoms with E-state index in [2.05, 4.69) is 15.7 Å². The summed E-state index contributed by atoms with van der Waals surface area (Å²) in [5, 5.41) is 10.2. The molecule has 1 aliphatic heterocycles. The molecule has 0 bridgehead atoms. The monoisotopic (exact) mass is 244 g/mol. The van der Waals surface area contributed by atoms with E-state index in [1.165, 1.54) is 0 Å². The zero-order valence-corrected chi connectivity index (χ0v) is 10.3. The van der Waals surface area contributed by atoms with Gasteiger partial charge < -0.3 is 10.6 Å². The first kappa shape index (κ1) is 13.0. The van der Waals surface area contributed by atoms with Crippen LogP contribution in [-0.4, -0.2) is 28.8 Å². The first-order valence-corrected chi connectivity index (χ1v) is 5.18. The summed E-state index contributed by atoms with van der Waals surface area (Å²) in [7, 11) is 1.86. The number of nitrogens with zero attached hydrogens (tertiary/aromatic N) is 2. The van der Waals surface area contributed by atoms with Gasteiger partial charge in [0.15, 0.2) is 0 Å². The van der Waals surface area contributed by atoms with Crippen molar-refractivity contribution in [2.75, 3.05) is 18.4 Å². The maximum absolute atomic E-state index is 11.8. The van der Waals surface area contributed by atoms with Crippen molar-refractivity contribution in [1.82, 2.24) is 15.1 Å². The van der Waals surface area contributed by atoms with Gasteiger partial charge in [0.25, 0.3) is 0 Å². The van der Waals surface area contributed by atoms with Gasteiger partial charge in [0.1, 0.15) is 0 Å². The molecule has 0 radical (unpaired) electrons. The predicted molar refractivity (Wildman–Crippen MR) is 64.8 cm³/mol. The normalized spacial score (nSPS) is 19.2. The average Bonchev–Trinajstić information content (AvgIpc) is 2.83. The van der Waals surface area contributed by atoms with Crippen molar-refractivity contribution < 1.29 is 4.79 Å². The molecule has 0 aromatic carbocycles. The Labute approximate surface area is 101 Å². The predicted octanol–water partition coefficient (Wildman–Crippen LogP) is 0.698. The number of aromatic nitrogens is 2. The zero-order chi connectivity index (χ0) is 10.8. The number of anilines is 1. The van der Waals surface area contributed by atoms with E-state index in [9.17, 15) is 4.79 Å². The first-order chi connectivity index (χ1) is 7.18. The first-order valence-electron chi connectivity index (χ1n) is 5.18. The molecule has 90 valence electrons. The molecule has 2 rings (SSSR count). The van der Waals surface area contributed by atoms with Gasteiger partial charge in [-0.25, -0.2) is 0 Å². The Hall–Kier alpha value is -1.07. The second kappa shape index (κ2) is 5.32. The molecule has 1 atom stereocenters. The maximum atomic E-state index is 11.8. The quantitative estimate of drug-likeness (QED) is 0.805. The van der Waals surface area contributed by atoms with Gasteiger partial charge in [-0.15, -0.1) is 12.4 Å². The summed E-state index contributed by atoms with van der Waals surface area (Å²) in [6, 6.07) is 0. The van der Waals surface area contributed by atoms with Crippen molar-refractivity contribution in [3.05, 3.63) is 11.9 Å². The Kier molecular flexibility index (Phi) is 4.32. The van der Waals surface area contributed by atoms with Crippen LogP contribution >= 0.6 is 12.4 Å². The van der Waals surface area contributed by atoms with E-state index in [0.717, 1.165) is 30.9 Å². The van der Waals surface area contributed by atoms with E-state index in [1.807, 2.05) is 14.0 Å². The number of rotatable bonds is 2. The molecule has 2 heterocycles. The lowest BCUT2D eigenvalue weighted by Crippen LogP contribution is -2.24. The third-order valence-corrected chi connectivity index (χ3v) is 2.92. The van der Waals surface area contributed by atoms with Crippen LogP contribution in [0, 0.1) is 12.8 Å². The second-order valence-electron chi connectivity index (χ2n) is 3.95. The lowest BCUT2D eigenvalue weighted by molar-refractivity contribution is -0.119. The van der Waals surface area contributed by atoms with Crippen LogP contribution in [0.2, 0.25) is 0 Å². The minimum atomic E-state index is 0. The van der Waals surface area contributed by atoms with Crippen molar-refractivity contribution in [3.63, 3.8) is 0 Å². The van der Waals surface area contributed by atoms with Crippen LogP contribution in [0.1, 0.15) is 12.1 Å². The third kappa shape index (κ3) is 2.54. The van der Waals surface area contributed by atoms with E-state index < -0.39 is 0 Å². The Bertz CT molecular complexity index is 371. The summed E-state index contributed by atoms with van der Waals surface area (Å²) >= 11 is 0. The zero-order valence-electron chi connectivity index (χ0n) is 9.49. The summed E-state index contributed by atoms with van der Waals surface area (Å²) in [6.07, 6.45) is 2.61. The molecule has 1 aromatic rings. The number of aryl methyl sites for hydroxylation is 1. The van der Waals surface area contributed by atoms with Crippen LogP contribution in [0.15, 0.2) is 6.20 Å². The number of carbonyl (C=O) groups excluding carboxylic acids is 1. The second-order valence-corrected chi connectivity index (χ2v) is 3.95. The van der Waals surface area contributed by atoms with Crippen molar-refractivity contribution in [1.29, 1.82) is 0 Å². The topological polar surface area (TPSA) is 59.0 Å². The fraction of sp³-hybridized carbons (Fsp3) is 0.600. The largest absolute Gasteiger partial charge is 0.323 e. The molecular formula is C10H17ClN4O. The van der Waals surface area contributed by atoms with Crippen LogP contribution in [0.4, 0.5) is 5.69 Å². The summed E-state index contributed by atoms with van der Waals surface area (Å²) in [6.45, 7) is 3.66. The molecule has 0 aliphatic carbocycles. The van der Waals surface area contributed by atoms with Gasteiger partial charge in [-0.2, -0.15) is 5.10 Å². The molecule has 1 aromatic heterocycles. The minimum absolute atomic E-state index is 0. The highest BCUT2D eigenvalue weighted by Gasteiger charge is 2.23. The van der Waals surface area contributed by atoms with Crippen molar-refractivity contribution in [3.8, 4) is 0 Å². The average molecular weight is 245 g/mol. The van der Waals surface area contributed by atoms with Crippen LogP contribution in [-0.2, 0) is 11.8 Å². The summed E-state index contributed by atoms with van der Waals surface area (Å²) in [5.74, 6) is 0.195. The van der Waals surface area contributed by atoms with E-state index in [1.54, 1.807) is 10.9 Å². The van der Waals surface area contributed by atoms with Gasteiger partial charge in [0, 0.05) is 13.6 Å². The number of halogens is 1. The summed E-state index contributed by atoms with van der Waals surface area (Å²) < 4.78 is 1.75. The lowest BCUT2D eigenvalue weighted by atomic mass is 10.1. The standard InChI is InChI=1S/C10H16N4O.ClH/c1-7-9(6-12-14(7)2)13-10(15)8-3-4-11-5-8;/h6,8,11H,3-5H2,1-2H3,(H,13,15);1H. The molecule has 1 amide bonds. The summed E-state index contributed by atoms with van der Waals surface area (Å²) in [5.41, 5.74) is 1.80. The fourth-order valence-corrected chi connectivity index (χ4v) is 1.73. The Morgan fingerprint density at radius 3 is 2.94 bits per heavy atom. The molecular weight excluding hydrogens is 228 g/mol. The van der Waals surface area contributed by atoms with E-state index in [0.29, 0.717) is 0 Å². The van der Waals surface area contributed by atoms with Gasteiger partial charge in [0.05, 0.1) is 23.5 Å². The van der Waals surface area contributed by atoms with E-state index in [-0.39, 0.29) is 24.2 Å². The fourth-order valence-electron chi connectivity index (χ4n) is 1.73. The Balaban J connectivity index is 0.00000128. The van der Waals surface area contributed by atoms with E-state index in [4.69, 9.17) is 0 Å². The smallest absolute Gasteiger partial charge is 0.228 e. The Morgan fingerprint density at radius 2 is 2.44 bits per heavy atom. The highest BCUT2D eigenvalue weighted by molar-refractivity contribution is 5.93. The van der Waals surface area contributed by atoms with Crippen LogP contribution < -0.4 is 10.6 Å². The number of amides is 1. The Morgan fingerprint density at radius 1 is 1.69 bits per heavy atom. The van der Waals surface area contributed by atoms with Gasteiger partial charge in [-0.1, -0.05) is 0 Å². The van der Waals surface area contributed by atoms with Crippen molar-refractivity contribution in [2.45, 2.75) is 13.3 Å². The van der Waals surface area contributed by atoms with Gasteiger partial charge in [-0.3, -0.25) is 9.48 Å². The highest BCUT2D eigenvalue weighted by atomic mass is 35.5. The van der Waals surface area contributed by atoms with Crippen LogP contribution in [0.25, 0.3) is 0 Å². The molecule has 1 unspecified atom stereocenters. The molecule has 1 aliphatic rings. The number of hydrogen-bond acceptors (Lipinski definition) is 3. The molecule has 1 saturated heterocycles. The molecule has 0 saturated carbocycles. The van der Waals surface area contributed by atoms with Crippen LogP contribution in [0.5, 0.6) is 0 Å². The van der Waals surface area contributed by atoms with Gasteiger partial charge in [0.2, 0.25) is 5.91 Å². The van der Waals surface area contributed by atoms with Crippen molar-refractivity contribution in [2.24, 2.45) is 13.0 Å². The number of hydrogen-bond donors (Lipinski definition) is 2. The minimum Gasteiger partial charge on any atom is -0.323 e. The molecule has 0 spiro atoms. The highest BCUT2D eigenvalue weighted by Crippen LogP contribution is 2.15. The third-order valence-electron chi connectivity index (χ3n) is 2.92. The van der Waals surface area contributed by atoms with Gasteiger partial charge >= 0.3 is 0 Å². The summed E-state index contributed by atoms with van der Waals surface area (Å²) in [4.78, 5) is 11.8. The molecule has 6 heteroatoms. The number of carbonyl (C=O) groups is 1. The van der Waals surface area contributed by atoms with Crippen LogP contribution in [0.3, 0.4) is 0 Å². The SMILES string of the molecule is Cc1c(NC(=O)C2CCNC2)cnn1C.Cl. The molecule has 5 nitrogen and oxygen atoms in total. The molecule has 16 heavy (non-hydrogen) atoms. The van der Waals surface area contributed by atoms with E-state index >= 15 is 0 Å². The maximum Gasteiger partial charge on any atom is 0.228 e. The number of nitrogens with one attached hydrogen (secondary N) is 2. The molecule has 1 fully saturated rings. The lowest BCUT2D eigenvalue weighted by Gasteiger charge is -2.08. The van der Waals surface area contributed by atoms with Gasteiger partial charge in [-0.05, 0) is 19.9 Å².